The van der Waals surface area contributed by atoms with Crippen molar-refractivity contribution in [2.75, 3.05) is 11.9 Å². The van der Waals surface area contributed by atoms with Crippen LogP contribution in [0.15, 0.2) is 23.4 Å². The summed E-state index contributed by atoms with van der Waals surface area (Å²) in [6.45, 7) is 0.0128. The van der Waals surface area contributed by atoms with Crippen LogP contribution in [-0.2, 0) is 42.2 Å². The van der Waals surface area contributed by atoms with E-state index in [4.69, 9.17) is 0 Å². The smallest absolute Gasteiger partial charge is 0.331 e. The molecule has 3 aliphatic rings. The number of amides is 2. The fourth-order valence-corrected chi connectivity index (χ4v) is 5.63. The predicted molar refractivity (Wildman–Crippen MR) is 110 cm³/mol. The lowest BCUT2D eigenvalue weighted by atomic mass is 9.77. The van der Waals surface area contributed by atoms with E-state index in [1.165, 1.54) is 22.3 Å². The molecule has 1 atom stereocenters. The Labute approximate surface area is 172 Å². The fraction of sp³-hybridized carbons (Fsp3) is 0.524. The number of nitrogens with one attached hydrogen (secondary N) is 2. The molecule has 0 aliphatic heterocycles. The Balaban J connectivity index is 1.31. The van der Waals surface area contributed by atoms with Gasteiger partial charge in [-0.1, -0.05) is 6.07 Å². The molecule has 1 aromatic heterocycles. The maximum atomic E-state index is 12.6. The first-order valence-corrected chi connectivity index (χ1v) is 11.6. The molecule has 5 rings (SSSR count). The highest BCUT2D eigenvalue weighted by molar-refractivity contribution is 7.83. The molecule has 154 valence electrons. The van der Waals surface area contributed by atoms with Gasteiger partial charge in [0.25, 0.3) is 0 Å². The van der Waals surface area contributed by atoms with Crippen molar-refractivity contribution < 1.29 is 14.1 Å². The van der Waals surface area contributed by atoms with Crippen molar-refractivity contribution in [3.63, 3.8) is 0 Å². The Kier molecular flexibility index (Phi) is 4.70. The van der Waals surface area contributed by atoms with Crippen LogP contribution in [0.4, 0.5) is 10.5 Å². The van der Waals surface area contributed by atoms with E-state index < -0.39 is 17.0 Å². The number of nitrogens with zero attached hydrogens (tertiary/aromatic N) is 2. The average molecular weight is 415 g/mol. The molecule has 2 aromatic rings. The number of aliphatic hydroxyl groups is 1. The average Bonchev–Trinajstić information content (AvgIpc) is 3.41. The molecular formula is C21H26N4O3S. The largest absolute Gasteiger partial charge is 0.394 e. The van der Waals surface area contributed by atoms with Gasteiger partial charge in [0.2, 0.25) is 0 Å². The van der Waals surface area contributed by atoms with Crippen molar-refractivity contribution in [2.24, 2.45) is 0 Å². The highest BCUT2D eigenvalue weighted by Crippen LogP contribution is 2.39. The molecule has 8 heteroatoms. The number of fused-ring (bicyclic) bond motifs is 2. The Morgan fingerprint density at radius 1 is 1.14 bits per heavy atom. The second kappa shape index (κ2) is 7.25. The lowest BCUT2D eigenvalue weighted by molar-refractivity contribution is 0.0428. The van der Waals surface area contributed by atoms with Gasteiger partial charge in [-0.15, -0.1) is 0 Å². The minimum Gasteiger partial charge on any atom is -0.394 e. The molecule has 3 aliphatic carbocycles. The van der Waals surface area contributed by atoms with Crippen molar-refractivity contribution >= 4 is 22.7 Å². The minimum atomic E-state index is -1.75. The normalized spacial score (nSPS) is 19.9. The molecule has 1 unspecified atom stereocenters. The Bertz CT molecular complexity index is 958. The number of aryl methyl sites for hydroxylation is 2. The number of carbonyl (C=O) groups is 1. The summed E-state index contributed by atoms with van der Waals surface area (Å²) in [5.41, 5.74) is 5.72. The molecule has 1 fully saturated rings. The standard InChI is InChI=1S/C21H26N4O3S/c26-13-21(9-3-10-21)25-11-8-18(23-25)29(28)24-20(27)22-19-16-6-1-4-14(16)12-15-5-2-7-17(15)19/h8,11-12,26H,1-7,9-10,13H2,(H2,22,24,27). The van der Waals surface area contributed by atoms with Gasteiger partial charge in [-0.05, 0) is 86.1 Å². The molecule has 1 saturated carbocycles. The molecule has 0 bridgehead atoms. The van der Waals surface area contributed by atoms with Crippen molar-refractivity contribution in [1.82, 2.24) is 14.5 Å². The number of rotatable bonds is 5. The van der Waals surface area contributed by atoms with E-state index in [2.05, 4.69) is 21.2 Å². The number of hydrogen-bond acceptors (Lipinski definition) is 4. The van der Waals surface area contributed by atoms with Gasteiger partial charge >= 0.3 is 6.03 Å². The first-order chi connectivity index (χ1) is 14.1. The van der Waals surface area contributed by atoms with Gasteiger partial charge in [0, 0.05) is 11.9 Å². The van der Waals surface area contributed by atoms with Gasteiger partial charge in [-0.2, -0.15) is 5.10 Å². The molecule has 1 heterocycles. The van der Waals surface area contributed by atoms with E-state index in [9.17, 15) is 14.1 Å². The number of urea groups is 1. The number of carbonyl (C=O) groups excluding carboxylic acids is 1. The maximum Gasteiger partial charge on any atom is 0.331 e. The topological polar surface area (TPSA) is 96.2 Å². The summed E-state index contributed by atoms with van der Waals surface area (Å²) >= 11 is 0. The number of benzene rings is 1. The number of hydrogen-bond donors (Lipinski definition) is 3. The maximum absolute atomic E-state index is 12.6. The first kappa shape index (κ1) is 18.8. The molecule has 1 aromatic carbocycles. The van der Waals surface area contributed by atoms with Crippen LogP contribution < -0.4 is 10.0 Å². The van der Waals surface area contributed by atoms with E-state index in [1.54, 1.807) is 16.9 Å². The van der Waals surface area contributed by atoms with Gasteiger partial charge in [-0.3, -0.25) is 9.40 Å². The third-order valence-electron chi connectivity index (χ3n) is 6.72. The third kappa shape index (κ3) is 3.18. The van der Waals surface area contributed by atoms with E-state index >= 15 is 0 Å². The van der Waals surface area contributed by atoms with E-state index in [1.807, 2.05) is 0 Å². The van der Waals surface area contributed by atoms with E-state index in [-0.39, 0.29) is 12.1 Å². The van der Waals surface area contributed by atoms with E-state index in [0.29, 0.717) is 5.03 Å². The Morgan fingerprint density at radius 2 is 1.83 bits per heavy atom. The second-order valence-electron chi connectivity index (χ2n) is 8.39. The monoisotopic (exact) mass is 414 g/mol. The molecule has 7 nitrogen and oxygen atoms in total. The van der Waals surface area contributed by atoms with Gasteiger partial charge in [-0.25, -0.2) is 9.00 Å². The van der Waals surface area contributed by atoms with Crippen LogP contribution in [0.3, 0.4) is 0 Å². The Morgan fingerprint density at radius 3 is 2.41 bits per heavy atom. The lowest BCUT2D eigenvalue weighted by Gasteiger charge is -2.40. The number of aromatic nitrogens is 2. The zero-order chi connectivity index (χ0) is 20.0. The highest BCUT2D eigenvalue weighted by Gasteiger charge is 2.39. The van der Waals surface area contributed by atoms with Gasteiger partial charge in [0.15, 0.2) is 16.0 Å². The van der Waals surface area contributed by atoms with Crippen LogP contribution in [0.5, 0.6) is 0 Å². The van der Waals surface area contributed by atoms with Crippen molar-refractivity contribution in [1.29, 1.82) is 0 Å². The zero-order valence-corrected chi connectivity index (χ0v) is 17.2. The SMILES string of the molecule is O=C(Nc1c2c(cc3c1CCC3)CCC2)NS(=O)c1ccn(C2(CO)CCC2)n1. The van der Waals surface area contributed by atoms with Crippen LogP contribution in [0.2, 0.25) is 0 Å². The van der Waals surface area contributed by atoms with Crippen LogP contribution in [0.1, 0.15) is 54.4 Å². The number of aliphatic hydroxyl groups excluding tert-OH is 1. The van der Waals surface area contributed by atoms with Crippen molar-refractivity contribution in [2.45, 2.75) is 68.4 Å². The Hall–Kier alpha value is -2.19. The van der Waals surface area contributed by atoms with Crippen molar-refractivity contribution in [3.05, 3.63) is 40.6 Å². The quantitative estimate of drug-likeness (QED) is 0.701. The van der Waals surface area contributed by atoms with Crippen LogP contribution in [0.25, 0.3) is 0 Å². The van der Waals surface area contributed by atoms with Gasteiger partial charge in [0.05, 0.1) is 12.1 Å². The summed E-state index contributed by atoms with van der Waals surface area (Å²) in [4.78, 5) is 12.6. The summed E-state index contributed by atoms with van der Waals surface area (Å²) < 4.78 is 16.9. The van der Waals surface area contributed by atoms with Crippen LogP contribution in [0, 0.1) is 0 Å². The summed E-state index contributed by atoms with van der Waals surface area (Å²) in [6.07, 6.45) is 10.8. The summed E-state index contributed by atoms with van der Waals surface area (Å²) in [5.74, 6) is 0. The minimum absolute atomic E-state index is 0.0128. The summed E-state index contributed by atoms with van der Waals surface area (Å²) in [6, 6.07) is 3.49. The summed E-state index contributed by atoms with van der Waals surface area (Å²) in [5, 5.41) is 17.3. The van der Waals surface area contributed by atoms with Crippen LogP contribution >= 0.6 is 0 Å². The third-order valence-corrected chi connectivity index (χ3v) is 7.68. The lowest BCUT2D eigenvalue weighted by Crippen LogP contribution is -2.44. The second-order valence-corrected chi connectivity index (χ2v) is 9.55. The molecule has 0 spiro atoms. The highest BCUT2D eigenvalue weighted by atomic mass is 32.2. The number of anilines is 1. The summed E-state index contributed by atoms with van der Waals surface area (Å²) in [7, 11) is -1.75. The molecule has 0 radical (unpaired) electrons. The predicted octanol–water partition coefficient (Wildman–Crippen LogP) is 2.58. The molecule has 3 N–H and O–H groups in total. The fourth-order valence-electron chi connectivity index (χ4n) is 4.96. The van der Waals surface area contributed by atoms with Gasteiger partial charge < -0.3 is 10.4 Å². The first-order valence-electron chi connectivity index (χ1n) is 10.4. The van der Waals surface area contributed by atoms with Gasteiger partial charge in [0.1, 0.15) is 0 Å². The van der Waals surface area contributed by atoms with Crippen molar-refractivity contribution in [3.8, 4) is 0 Å². The zero-order valence-electron chi connectivity index (χ0n) is 16.4. The molecule has 29 heavy (non-hydrogen) atoms. The van der Waals surface area contributed by atoms with E-state index in [0.717, 1.165) is 63.5 Å². The molecule has 2 amide bonds. The van der Waals surface area contributed by atoms with Crippen LogP contribution in [-0.4, -0.2) is 31.7 Å². The molecular weight excluding hydrogens is 388 g/mol. The molecule has 0 saturated heterocycles.